The fraction of sp³-hybridized carbons (Fsp3) is 0.294. The van der Waals surface area contributed by atoms with Gasteiger partial charge in [0.25, 0.3) is 5.91 Å². The minimum absolute atomic E-state index is 0.292. The van der Waals surface area contributed by atoms with Crippen molar-refractivity contribution < 1.29 is 14.3 Å². The minimum atomic E-state index is -0.292. The molecular formula is C17H18ClN3O3. The summed E-state index contributed by atoms with van der Waals surface area (Å²) in [4.78, 5) is 16.7. The van der Waals surface area contributed by atoms with Crippen LogP contribution in [0, 0.1) is 0 Å². The molecule has 0 unspecified atom stereocenters. The smallest absolute Gasteiger partial charge is 0.257 e. The molecule has 2 N–H and O–H groups in total. The van der Waals surface area contributed by atoms with Crippen LogP contribution in [0.15, 0.2) is 30.5 Å². The van der Waals surface area contributed by atoms with Crippen LogP contribution in [-0.4, -0.2) is 31.2 Å². The van der Waals surface area contributed by atoms with Gasteiger partial charge < -0.3 is 20.1 Å². The topological polar surface area (TPSA) is 72.5 Å². The first kappa shape index (κ1) is 16.4. The van der Waals surface area contributed by atoms with E-state index in [4.69, 9.17) is 21.1 Å². The second kappa shape index (κ2) is 6.97. The van der Waals surface area contributed by atoms with E-state index in [0.717, 1.165) is 5.82 Å². The van der Waals surface area contributed by atoms with Crippen LogP contribution in [0.3, 0.4) is 0 Å². The Kier molecular flexibility index (Phi) is 4.76. The van der Waals surface area contributed by atoms with Gasteiger partial charge in [-0.25, -0.2) is 4.98 Å². The molecule has 1 fully saturated rings. The third-order valence-corrected chi connectivity index (χ3v) is 3.97. The van der Waals surface area contributed by atoms with Gasteiger partial charge in [0.15, 0.2) is 0 Å². The summed E-state index contributed by atoms with van der Waals surface area (Å²) in [5.41, 5.74) is 0.916. The largest absolute Gasteiger partial charge is 0.495 e. The predicted molar refractivity (Wildman–Crippen MR) is 93.4 cm³/mol. The van der Waals surface area contributed by atoms with E-state index in [0.29, 0.717) is 33.8 Å². The number of carbonyl (C=O) groups excluding carboxylic acids is 1. The lowest BCUT2D eigenvalue weighted by Gasteiger charge is -2.13. The number of amides is 1. The number of aromatic nitrogens is 1. The molecule has 0 atom stereocenters. The zero-order valence-electron chi connectivity index (χ0n) is 13.4. The molecule has 126 valence electrons. The average molecular weight is 348 g/mol. The predicted octanol–water partition coefficient (Wildman–Crippen LogP) is 3.58. The molecule has 1 heterocycles. The molecule has 1 saturated carbocycles. The second-order valence-corrected chi connectivity index (χ2v) is 5.90. The molecule has 1 aromatic carbocycles. The van der Waals surface area contributed by atoms with E-state index in [1.165, 1.54) is 33.3 Å². The molecule has 0 saturated heterocycles. The normalized spacial score (nSPS) is 13.3. The van der Waals surface area contributed by atoms with Gasteiger partial charge in [0, 0.05) is 18.3 Å². The first-order valence-corrected chi connectivity index (χ1v) is 7.94. The summed E-state index contributed by atoms with van der Waals surface area (Å²) in [7, 11) is 3.03. The molecule has 1 aliphatic carbocycles. The van der Waals surface area contributed by atoms with Gasteiger partial charge in [-0.15, -0.1) is 0 Å². The number of benzene rings is 1. The SMILES string of the molecule is COc1cc(OC)c(NC(=O)c2ccc(NC3CC3)nc2)cc1Cl. The molecule has 24 heavy (non-hydrogen) atoms. The van der Waals surface area contributed by atoms with Crippen molar-refractivity contribution in [2.75, 3.05) is 24.9 Å². The summed E-state index contributed by atoms with van der Waals surface area (Å²) < 4.78 is 10.4. The quantitative estimate of drug-likeness (QED) is 0.835. The Morgan fingerprint density at radius 2 is 1.96 bits per heavy atom. The molecule has 1 amide bonds. The first-order valence-electron chi connectivity index (χ1n) is 7.56. The summed E-state index contributed by atoms with van der Waals surface area (Å²) in [5, 5.41) is 6.44. The highest BCUT2D eigenvalue weighted by Crippen LogP contribution is 2.36. The van der Waals surface area contributed by atoms with Crippen molar-refractivity contribution >= 4 is 29.0 Å². The maximum absolute atomic E-state index is 12.4. The van der Waals surface area contributed by atoms with Crippen LogP contribution >= 0.6 is 11.6 Å². The monoisotopic (exact) mass is 347 g/mol. The first-order chi connectivity index (χ1) is 11.6. The molecule has 0 radical (unpaired) electrons. The van der Waals surface area contributed by atoms with Crippen molar-refractivity contribution in [1.82, 2.24) is 4.98 Å². The van der Waals surface area contributed by atoms with Gasteiger partial charge in [-0.1, -0.05) is 11.6 Å². The Morgan fingerprint density at radius 1 is 1.21 bits per heavy atom. The maximum atomic E-state index is 12.4. The van der Waals surface area contributed by atoms with Crippen LogP contribution in [0.2, 0.25) is 5.02 Å². The number of hydrogen-bond donors (Lipinski definition) is 2. The molecule has 0 bridgehead atoms. The highest BCUT2D eigenvalue weighted by molar-refractivity contribution is 6.32. The van der Waals surface area contributed by atoms with Gasteiger partial charge in [-0.3, -0.25) is 4.79 Å². The number of nitrogens with zero attached hydrogens (tertiary/aromatic N) is 1. The number of methoxy groups -OCH3 is 2. The molecule has 1 aromatic heterocycles. The van der Waals surface area contributed by atoms with Gasteiger partial charge in [-0.05, 0) is 31.0 Å². The fourth-order valence-electron chi connectivity index (χ4n) is 2.20. The number of pyridine rings is 1. The maximum Gasteiger partial charge on any atom is 0.257 e. The number of hydrogen-bond acceptors (Lipinski definition) is 5. The molecule has 0 aliphatic heterocycles. The number of rotatable bonds is 6. The zero-order valence-corrected chi connectivity index (χ0v) is 14.2. The van der Waals surface area contributed by atoms with E-state index >= 15 is 0 Å². The highest BCUT2D eigenvalue weighted by atomic mass is 35.5. The zero-order chi connectivity index (χ0) is 17.1. The summed E-state index contributed by atoms with van der Waals surface area (Å²) in [6.07, 6.45) is 3.88. The van der Waals surface area contributed by atoms with Crippen molar-refractivity contribution in [3.8, 4) is 11.5 Å². The average Bonchev–Trinajstić information content (AvgIpc) is 3.40. The third-order valence-electron chi connectivity index (χ3n) is 3.68. The van der Waals surface area contributed by atoms with Crippen molar-refractivity contribution in [2.24, 2.45) is 0 Å². The van der Waals surface area contributed by atoms with E-state index in [1.807, 2.05) is 0 Å². The lowest BCUT2D eigenvalue weighted by atomic mass is 10.2. The van der Waals surface area contributed by atoms with Crippen LogP contribution in [0.1, 0.15) is 23.2 Å². The summed E-state index contributed by atoms with van der Waals surface area (Å²) in [5.74, 6) is 1.42. The molecule has 3 rings (SSSR count). The molecular weight excluding hydrogens is 330 g/mol. The molecule has 7 heteroatoms. The highest BCUT2D eigenvalue weighted by Gasteiger charge is 2.21. The number of halogens is 1. The standard InChI is InChI=1S/C17H18ClN3O3/c1-23-14-8-15(24-2)13(7-12(14)18)21-17(22)10-3-6-16(19-9-10)20-11-4-5-11/h3,6-9,11H,4-5H2,1-2H3,(H,19,20)(H,21,22). The van der Waals surface area contributed by atoms with Gasteiger partial charge in [0.2, 0.25) is 0 Å². The van der Waals surface area contributed by atoms with E-state index in [9.17, 15) is 4.79 Å². The van der Waals surface area contributed by atoms with Gasteiger partial charge in [-0.2, -0.15) is 0 Å². The Labute approximate surface area is 145 Å². The fourth-order valence-corrected chi connectivity index (χ4v) is 2.44. The van der Waals surface area contributed by atoms with Crippen LogP contribution < -0.4 is 20.1 Å². The van der Waals surface area contributed by atoms with Crippen LogP contribution in [0.5, 0.6) is 11.5 Å². The van der Waals surface area contributed by atoms with Crippen molar-refractivity contribution in [3.63, 3.8) is 0 Å². The van der Waals surface area contributed by atoms with Gasteiger partial charge in [0.05, 0.1) is 30.5 Å². The van der Waals surface area contributed by atoms with Crippen LogP contribution in [-0.2, 0) is 0 Å². The Balaban J connectivity index is 1.75. The molecule has 2 aromatic rings. The van der Waals surface area contributed by atoms with Crippen LogP contribution in [0.4, 0.5) is 11.5 Å². The number of carbonyl (C=O) groups is 1. The summed E-state index contributed by atoms with van der Waals surface area (Å²) in [6, 6.07) is 7.26. The molecule has 1 aliphatic rings. The second-order valence-electron chi connectivity index (χ2n) is 5.49. The van der Waals surface area contributed by atoms with Gasteiger partial charge in [0.1, 0.15) is 17.3 Å². The molecule has 0 spiro atoms. The van der Waals surface area contributed by atoms with E-state index in [1.54, 1.807) is 24.3 Å². The Bertz CT molecular complexity index is 745. The lowest BCUT2D eigenvalue weighted by Crippen LogP contribution is -2.13. The minimum Gasteiger partial charge on any atom is -0.495 e. The Morgan fingerprint density at radius 3 is 2.54 bits per heavy atom. The summed E-state index contributed by atoms with van der Waals surface area (Å²) in [6.45, 7) is 0. The van der Waals surface area contributed by atoms with E-state index in [2.05, 4.69) is 15.6 Å². The van der Waals surface area contributed by atoms with Crippen molar-refractivity contribution in [2.45, 2.75) is 18.9 Å². The van der Waals surface area contributed by atoms with Crippen molar-refractivity contribution in [1.29, 1.82) is 0 Å². The van der Waals surface area contributed by atoms with Crippen molar-refractivity contribution in [3.05, 3.63) is 41.0 Å². The van der Waals surface area contributed by atoms with E-state index < -0.39 is 0 Å². The van der Waals surface area contributed by atoms with Gasteiger partial charge >= 0.3 is 0 Å². The lowest BCUT2D eigenvalue weighted by molar-refractivity contribution is 0.102. The Hall–Kier alpha value is -2.47. The molecule has 6 nitrogen and oxygen atoms in total. The van der Waals surface area contributed by atoms with Crippen LogP contribution in [0.25, 0.3) is 0 Å². The summed E-state index contributed by atoms with van der Waals surface area (Å²) >= 11 is 6.11. The third kappa shape index (κ3) is 3.71. The number of anilines is 2. The number of nitrogens with one attached hydrogen (secondary N) is 2. The van der Waals surface area contributed by atoms with E-state index in [-0.39, 0.29) is 5.91 Å². The number of ether oxygens (including phenoxy) is 2.